The highest BCUT2D eigenvalue weighted by atomic mass is 19.4. The van der Waals surface area contributed by atoms with Crippen molar-refractivity contribution in [2.75, 3.05) is 26.7 Å². The van der Waals surface area contributed by atoms with E-state index in [-0.39, 0.29) is 5.91 Å². The van der Waals surface area contributed by atoms with Crippen LogP contribution in [0, 0.1) is 0 Å². The molecule has 6 nitrogen and oxygen atoms in total. The van der Waals surface area contributed by atoms with Gasteiger partial charge in [0.15, 0.2) is 0 Å². The summed E-state index contributed by atoms with van der Waals surface area (Å²) in [5.74, 6) is -2.03. The molecule has 0 aliphatic rings. The van der Waals surface area contributed by atoms with Crippen molar-refractivity contribution in [1.82, 2.24) is 10.6 Å². The monoisotopic (exact) mass is 336 g/mol. The van der Waals surface area contributed by atoms with Crippen LogP contribution in [0.2, 0.25) is 0 Å². The third-order valence-electron chi connectivity index (χ3n) is 2.33. The first kappa shape index (κ1) is 20.7. The second-order valence-electron chi connectivity index (χ2n) is 4.12. The summed E-state index contributed by atoms with van der Waals surface area (Å²) in [5.41, 5.74) is 0.652. The van der Waals surface area contributed by atoms with Crippen molar-refractivity contribution in [2.24, 2.45) is 0 Å². The lowest BCUT2D eigenvalue weighted by Crippen LogP contribution is -2.30. The average Bonchev–Trinajstić information content (AvgIpc) is 2.48. The molecule has 0 unspecified atom stereocenters. The molecule has 0 atom stereocenters. The van der Waals surface area contributed by atoms with Crippen LogP contribution in [0.1, 0.15) is 17.3 Å². The Bertz CT molecular complexity index is 490. The molecule has 9 heteroatoms. The van der Waals surface area contributed by atoms with Crippen LogP contribution in [0.15, 0.2) is 24.3 Å². The lowest BCUT2D eigenvalue weighted by atomic mass is 10.2. The topological polar surface area (TPSA) is 87.7 Å². The van der Waals surface area contributed by atoms with Crippen molar-refractivity contribution in [2.45, 2.75) is 13.1 Å². The van der Waals surface area contributed by atoms with Crippen molar-refractivity contribution in [3.63, 3.8) is 0 Å². The van der Waals surface area contributed by atoms with Gasteiger partial charge >= 0.3 is 12.1 Å². The van der Waals surface area contributed by atoms with Gasteiger partial charge in [0.25, 0.3) is 5.91 Å². The molecule has 0 radical (unpaired) electrons. The number of hydrogen-bond donors (Lipinski definition) is 3. The van der Waals surface area contributed by atoms with E-state index >= 15 is 0 Å². The van der Waals surface area contributed by atoms with Crippen LogP contribution in [0.5, 0.6) is 5.75 Å². The Kier molecular flexibility index (Phi) is 9.40. The molecular formula is C14H19F3N2O4. The maximum absolute atomic E-state index is 11.6. The number of likely N-dealkylation sites (N-methyl/N-ethyl adjacent to an activating group) is 1. The van der Waals surface area contributed by atoms with Crippen LogP contribution in [0.4, 0.5) is 13.2 Å². The summed E-state index contributed by atoms with van der Waals surface area (Å²) >= 11 is 0. The standard InChI is InChI=1S/C12H18N2O2.C2HF3O2/c1-3-16-11-6-4-10(5-7-11)12(15)14-9-8-13-2;3-2(4,5)1(6)7/h4-7,13H,3,8-9H2,1-2H3,(H,14,15);(H,6,7). The lowest BCUT2D eigenvalue weighted by molar-refractivity contribution is -0.192. The summed E-state index contributed by atoms with van der Waals surface area (Å²) in [6.07, 6.45) is -5.08. The first-order chi connectivity index (χ1) is 10.7. The first-order valence-corrected chi connectivity index (χ1v) is 6.68. The molecule has 0 aliphatic carbocycles. The second kappa shape index (κ2) is 10.4. The molecule has 1 aromatic carbocycles. The van der Waals surface area contributed by atoms with E-state index in [4.69, 9.17) is 14.6 Å². The molecule has 3 N–H and O–H groups in total. The van der Waals surface area contributed by atoms with Crippen molar-refractivity contribution in [3.8, 4) is 5.75 Å². The van der Waals surface area contributed by atoms with Gasteiger partial charge in [0.05, 0.1) is 6.61 Å². The predicted octanol–water partition coefficient (Wildman–Crippen LogP) is 1.67. The van der Waals surface area contributed by atoms with Gasteiger partial charge in [0.2, 0.25) is 0 Å². The largest absolute Gasteiger partial charge is 0.494 e. The SMILES string of the molecule is CCOc1ccc(C(=O)NCCNC)cc1.O=C(O)C(F)(F)F. The number of alkyl halides is 3. The Labute approximate surface area is 131 Å². The second-order valence-corrected chi connectivity index (χ2v) is 4.12. The highest BCUT2D eigenvalue weighted by Gasteiger charge is 2.38. The zero-order valence-electron chi connectivity index (χ0n) is 12.7. The van der Waals surface area contributed by atoms with Gasteiger partial charge in [0, 0.05) is 18.7 Å². The minimum Gasteiger partial charge on any atom is -0.494 e. The highest BCUT2D eigenvalue weighted by Crippen LogP contribution is 2.13. The molecule has 0 spiro atoms. The normalized spacial score (nSPS) is 10.3. The van der Waals surface area contributed by atoms with Gasteiger partial charge in [-0.15, -0.1) is 0 Å². The fourth-order valence-electron chi connectivity index (χ4n) is 1.27. The Morgan fingerprint density at radius 2 is 1.70 bits per heavy atom. The summed E-state index contributed by atoms with van der Waals surface area (Å²) in [4.78, 5) is 20.5. The van der Waals surface area contributed by atoms with Crippen molar-refractivity contribution in [1.29, 1.82) is 0 Å². The van der Waals surface area contributed by atoms with E-state index in [1.54, 1.807) is 24.3 Å². The molecule has 0 bridgehead atoms. The Morgan fingerprint density at radius 3 is 2.09 bits per heavy atom. The maximum Gasteiger partial charge on any atom is 0.490 e. The number of carbonyl (C=O) groups is 2. The van der Waals surface area contributed by atoms with Crippen molar-refractivity contribution >= 4 is 11.9 Å². The number of carboxylic acids is 1. The van der Waals surface area contributed by atoms with E-state index < -0.39 is 12.1 Å². The van der Waals surface area contributed by atoms with Gasteiger partial charge in [-0.1, -0.05) is 0 Å². The molecule has 0 fully saturated rings. The summed E-state index contributed by atoms with van der Waals surface area (Å²) < 4.78 is 37.0. The van der Waals surface area contributed by atoms with Gasteiger partial charge < -0.3 is 20.5 Å². The van der Waals surface area contributed by atoms with E-state index in [0.29, 0.717) is 18.7 Å². The van der Waals surface area contributed by atoms with Gasteiger partial charge in [-0.25, -0.2) is 4.79 Å². The van der Waals surface area contributed by atoms with E-state index in [1.165, 1.54) is 0 Å². The Morgan fingerprint density at radius 1 is 1.17 bits per heavy atom. The van der Waals surface area contributed by atoms with Crippen molar-refractivity contribution < 1.29 is 32.6 Å². The predicted molar refractivity (Wildman–Crippen MR) is 77.6 cm³/mol. The third-order valence-corrected chi connectivity index (χ3v) is 2.33. The van der Waals surface area contributed by atoms with E-state index in [9.17, 15) is 18.0 Å². The van der Waals surface area contributed by atoms with Gasteiger partial charge in [0.1, 0.15) is 5.75 Å². The summed E-state index contributed by atoms with van der Waals surface area (Å²) in [6.45, 7) is 3.96. The van der Waals surface area contributed by atoms with E-state index in [1.807, 2.05) is 14.0 Å². The van der Waals surface area contributed by atoms with Crippen molar-refractivity contribution in [3.05, 3.63) is 29.8 Å². The Balaban J connectivity index is 0.000000585. The third kappa shape index (κ3) is 9.35. The molecule has 23 heavy (non-hydrogen) atoms. The van der Waals surface area contributed by atoms with E-state index in [2.05, 4.69) is 10.6 Å². The molecule has 1 aromatic rings. The number of amides is 1. The number of rotatable bonds is 6. The zero-order chi connectivity index (χ0) is 17.9. The molecule has 0 saturated heterocycles. The number of halogens is 3. The average molecular weight is 336 g/mol. The number of carboxylic acid groups (broad SMARTS) is 1. The molecule has 1 rings (SSSR count). The number of hydrogen-bond acceptors (Lipinski definition) is 4. The van der Waals surface area contributed by atoms with Crippen LogP contribution in [-0.2, 0) is 4.79 Å². The number of ether oxygens (including phenoxy) is 1. The summed E-state index contributed by atoms with van der Waals surface area (Å²) in [6, 6.07) is 7.13. The van der Waals surface area contributed by atoms with Crippen LogP contribution < -0.4 is 15.4 Å². The number of nitrogens with one attached hydrogen (secondary N) is 2. The van der Waals surface area contributed by atoms with Gasteiger partial charge in [-0.05, 0) is 38.2 Å². The zero-order valence-corrected chi connectivity index (χ0v) is 12.7. The molecule has 0 aromatic heterocycles. The van der Waals surface area contributed by atoms with Crippen LogP contribution in [-0.4, -0.2) is 49.9 Å². The molecule has 130 valence electrons. The number of aliphatic carboxylic acids is 1. The fourth-order valence-corrected chi connectivity index (χ4v) is 1.27. The lowest BCUT2D eigenvalue weighted by Gasteiger charge is -2.06. The molecule has 0 saturated carbocycles. The maximum atomic E-state index is 11.6. The molecular weight excluding hydrogens is 317 g/mol. The highest BCUT2D eigenvalue weighted by molar-refractivity contribution is 5.94. The van der Waals surface area contributed by atoms with Crippen LogP contribution in [0.25, 0.3) is 0 Å². The molecule has 0 aliphatic heterocycles. The molecule has 1 amide bonds. The first-order valence-electron chi connectivity index (χ1n) is 6.68. The smallest absolute Gasteiger partial charge is 0.490 e. The van der Waals surface area contributed by atoms with E-state index in [0.717, 1.165) is 12.3 Å². The number of carbonyl (C=O) groups excluding carboxylic acids is 1. The quantitative estimate of drug-likeness (QED) is 0.688. The minimum absolute atomic E-state index is 0.0571. The van der Waals surface area contributed by atoms with Crippen LogP contribution in [0.3, 0.4) is 0 Å². The van der Waals surface area contributed by atoms with Gasteiger partial charge in [-0.3, -0.25) is 4.79 Å². The van der Waals surface area contributed by atoms with Gasteiger partial charge in [-0.2, -0.15) is 13.2 Å². The van der Waals surface area contributed by atoms with Crippen LogP contribution >= 0.6 is 0 Å². The molecule has 0 heterocycles. The number of benzene rings is 1. The minimum atomic E-state index is -5.08. The Hall–Kier alpha value is -2.29. The summed E-state index contributed by atoms with van der Waals surface area (Å²) in [7, 11) is 1.85. The summed E-state index contributed by atoms with van der Waals surface area (Å²) in [5, 5.41) is 12.9. The fraction of sp³-hybridized carbons (Fsp3) is 0.429.